The van der Waals surface area contributed by atoms with Gasteiger partial charge in [-0.3, -0.25) is 9.59 Å². The lowest BCUT2D eigenvalue weighted by molar-refractivity contribution is -0.213. The van der Waals surface area contributed by atoms with E-state index in [2.05, 4.69) is 10.6 Å². The second kappa shape index (κ2) is 14.8. The lowest BCUT2D eigenvalue weighted by atomic mass is 9.94. The Morgan fingerprint density at radius 3 is 2.21 bits per heavy atom. The van der Waals surface area contributed by atoms with Crippen molar-refractivity contribution < 1.29 is 24.0 Å². The zero-order chi connectivity index (χ0) is 30.1. The minimum atomic E-state index is -0.840. The van der Waals surface area contributed by atoms with Crippen LogP contribution in [0.15, 0.2) is 60.7 Å². The van der Waals surface area contributed by atoms with Gasteiger partial charge < -0.3 is 26.1 Å². The monoisotopic (exact) mass is 577 g/mol. The number of nitrogens with zero attached hydrogens (tertiary/aromatic N) is 2. The number of nitrogens with two attached hydrogens (primary N) is 1. The molecule has 10 nitrogen and oxygen atoms in total. The van der Waals surface area contributed by atoms with Gasteiger partial charge in [-0.15, -0.1) is 0 Å². The number of carbonyl (C=O) groups excluding carboxylic acids is 4. The largest absolute Gasteiger partial charge is 0.354 e. The molecule has 2 heterocycles. The number of carbonyl (C=O) groups is 4. The highest BCUT2D eigenvalue weighted by Crippen LogP contribution is 2.24. The van der Waals surface area contributed by atoms with Crippen molar-refractivity contribution in [3.8, 4) is 0 Å². The molecule has 2 fully saturated rings. The molecule has 0 bridgehead atoms. The SMILES string of the molecule is CC(C)[C@H](C(=O)N(OC(=O)[C@@H]1CCC(=O)N1)[C@@H](CC[C@@H](N)Cc1ccccc1)Cc1ccccc1)N1CCCNC1=O. The molecule has 2 aliphatic heterocycles. The Labute approximate surface area is 247 Å². The van der Waals surface area contributed by atoms with Gasteiger partial charge in [0, 0.05) is 25.6 Å². The first-order valence-corrected chi connectivity index (χ1v) is 14.9. The highest BCUT2D eigenvalue weighted by Gasteiger charge is 2.42. The third-order valence-corrected chi connectivity index (χ3v) is 7.88. The maximum Gasteiger partial charge on any atom is 0.354 e. The molecule has 2 aromatic rings. The Balaban J connectivity index is 1.63. The van der Waals surface area contributed by atoms with Crippen molar-refractivity contribution in [1.82, 2.24) is 20.6 Å². The van der Waals surface area contributed by atoms with Crippen LogP contribution in [0.5, 0.6) is 0 Å². The van der Waals surface area contributed by atoms with E-state index in [1.807, 2.05) is 74.5 Å². The van der Waals surface area contributed by atoms with Crippen molar-refractivity contribution in [3.05, 3.63) is 71.8 Å². The molecule has 226 valence electrons. The summed E-state index contributed by atoms with van der Waals surface area (Å²) in [6, 6.07) is 17.0. The number of rotatable bonds is 12. The first kappa shape index (κ1) is 31.0. The summed E-state index contributed by atoms with van der Waals surface area (Å²) < 4.78 is 0. The van der Waals surface area contributed by atoms with Gasteiger partial charge in [0.05, 0.1) is 6.04 Å². The lowest BCUT2D eigenvalue weighted by Gasteiger charge is -2.40. The standard InChI is InChI=1S/C32H43N5O5/c1-22(2)29(36-19-9-18-34-32(36)41)30(39)37(42-31(40)27-16-17-28(38)35-27)26(21-24-12-7-4-8-13-24)15-14-25(33)20-23-10-5-3-6-11-23/h3-8,10-13,22,25-27,29H,9,14-21,33H2,1-2H3,(H,34,41)(H,35,38)/t25-,26+,27+,29-/m1/s1. The van der Waals surface area contributed by atoms with Gasteiger partial charge in [-0.25, -0.2) is 9.59 Å². The maximum atomic E-state index is 14.4. The summed E-state index contributed by atoms with van der Waals surface area (Å²) in [6.45, 7) is 4.73. The zero-order valence-electron chi connectivity index (χ0n) is 24.5. The van der Waals surface area contributed by atoms with Gasteiger partial charge in [-0.05, 0) is 55.6 Å². The number of nitrogens with one attached hydrogen (secondary N) is 2. The number of hydrogen-bond donors (Lipinski definition) is 3. The van der Waals surface area contributed by atoms with Crippen LogP contribution in [0.1, 0.15) is 57.1 Å². The number of urea groups is 1. The molecule has 4 atom stereocenters. The predicted octanol–water partition coefficient (Wildman–Crippen LogP) is 2.95. The third kappa shape index (κ3) is 8.31. The summed E-state index contributed by atoms with van der Waals surface area (Å²) in [7, 11) is 0. The smallest absolute Gasteiger partial charge is 0.343 e. The number of benzene rings is 2. The van der Waals surface area contributed by atoms with E-state index in [1.54, 1.807) is 0 Å². The molecule has 2 aliphatic rings. The molecule has 10 heteroatoms. The van der Waals surface area contributed by atoms with Crippen molar-refractivity contribution in [3.63, 3.8) is 0 Å². The fraction of sp³-hybridized carbons (Fsp3) is 0.500. The second-order valence-corrected chi connectivity index (χ2v) is 11.6. The molecular formula is C32H43N5O5. The van der Waals surface area contributed by atoms with E-state index in [-0.39, 0.29) is 30.3 Å². The fourth-order valence-corrected chi connectivity index (χ4v) is 5.69. The quantitative estimate of drug-likeness (QED) is 0.332. The van der Waals surface area contributed by atoms with E-state index in [9.17, 15) is 19.2 Å². The highest BCUT2D eigenvalue weighted by molar-refractivity contribution is 5.90. The molecule has 0 spiro atoms. The Bertz CT molecular complexity index is 1210. The van der Waals surface area contributed by atoms with Gasteiger partial charge in [-0.1, -0.05) is 74.5 Å². The molecule has 0 aliphatic carbocycles. The van der Waals surface area contributed by atoms with Crippen LogP contribution in [0.2, 0.25) is 0 Å². The zero-order valence-corrected chi connectivity index (χ0v) is 24.5. The van der Waals surface area contributed by atoms with Crippen LogP contribution in [-0.4, -0.2) is 71.0 Å². The van der Waals surface area contributed by atoms with E-state index < -0.39 is 30.0 Å². The third-order valence-electron chi connectivity index (χ3n) is 7.88. The molecule has 4 N–H and O–H groups in total. The van der Waals surface area contributed by atoms with Crippen molar-refractivity contribution >= 4 is 23.8 Å². The minimum absolute atomic E-state index is 0.179. The number of hydrogen-bond acceptors (Lipinski definition) is 6. The van der Waals surface area contributed by atoms with E-state index in [1.165, 1.54) is 9.96 Å². The first-order valence-electron chi connectivity index (χ1n) is 14.9. The molecule has 2 aromatic carbocycles. The Kier molecular flexibility index (Phi) is 10.9. The van der Waals surface area contributed by atoms with Gasteiger partial charge in [0.15, 0.2) is 0 Å². The Morgan fingerprint density at radius 2 is 1.64 bits per heavy atom. The Hall–Kier alpha value is -3.92. The van der Waals surface area contributed by atoms with Crippen molar-refractivity contribution in [1.29, 1.82) is 0 Å². The maximum absolute atomic E-state index is 14.4. The van der Waals surface area contributed by atoms with Crippen LogP contribution >= 0.6 is 0 Å². The predicted molar refractivity (Wildman–Crippen MR) is 159 cm³/mol. The summed E-state index contributed by atoms with van der Waals surface area (Å²) in [5.74, 6) is -1.62. The second-order valence-electron chi connectivity index (χ2n) is 11.6. The van der Waals surface area contributed by atoms with Crippen LogP contribution in [0.3, 0.4) is 0 Å². The van der Waals surface area contributed by atoms with Crippen LogP contribution in [-0.2, 0) is 32.1 Å². The van der Waals surface area contributed by atoms with Crippen molar-refractivity contribution in [2.24, 2.45) is 11.7 Å². The lowest BCUT2D eigenvalue weighted by Crippen LogP contribution is -2.60. The molecule has 4 amide bonds. The average molecular weight is 578 g/mol. The molecule has 0 saturated carbocycles. The normalized spacial score (nSPS) is 19.0. The molecule has 42 heavy (non-hydrogen) atoms. The van der Waals surface area contributed by atoms with Gasteiger partial charge in [0.1, 0.15) is 12.1 Å². The van der Waals surface area contributed by atoms with E-state index >= 15 is 0 Å². The fourth-order valence-electron chi connectivity index (χ4n) is 5.69. The minimum Gasteiger partial charge on any atom is -0.343 e. The van der Waals surface area contributed by atoms with E-state index in [0.717, 1.165) is 11.1 Å². The van der Waals surface area contributed by atoms with Gasteiger partial charge in [0.2, 0.25) is 5.91 Å². The summed E-state index contributed by atoms with van der Waals surface area (Å²) >= 11 is 0. The summed E-state index contributed by atoms with van der Waals surface area (Å²) in [4.78, 5) is 59.9. The molecule has 0 radical (unpaired) electrons. The van der Waals surface area contributed by atoms with Gasteiger partial charge >= 0.3 is 12.0 Å². The number of amides is 4. The van der Waals surface area contributed by atoms with Crippen LogP contribution in [0.25, 0.3) is 0 Å². The van der Waals surface area contributed by atoms with Gasteiger partial charge in [0.25, 0.3) is 5.91 Å². The topological polar surface area (TPSA) is 134 Å². The van der Waals surface area contributed by atoms with Crippen molar-refractivity contribution in [2.45, 2.75) is 83.0 Å². The van der Waals surface area contributed by atoms with Crippen LogP contribution in [0, 0.1) is 5.92 Å². The highest BCUT2D eigenvalue weighted by atomic mass is 16.7. The molecule has 0 aromatic heterocycles. The first-order chi connectivity index (χ1) is 20.2. The van der Waals surface area contributed by atoms with Crippen molar-refractivity contribution in [2.75, 3.05) is 13.1 Å². The molecule has 4 rings (SSSR count). The average Bonchev–Trinajstić information content (AvgIpc) is 3.42. The van der Waals surface area contributed by atoms with E-state index in [0.29, 0.717) is 51.6 Å². The summed E-state index contributed by atoms with van der Waals surface area (Å²) in [5, 5.41) is 6.65. The molecular weight excluding hydrogens is 534 g/mol. The number of hydroxylamine groups is 2. The molecule has 0 unspecified atom stereocenters. The van der Waals surface area contributed by atoms with Gasteiger partial charge in [-0.2, -0.15) is 5.06 Å². The molecule has 2 saturated heterocycles. The van der Waals surface area contributed by atoms with Crippen LogP contribution < -0.4 is 16.4 Å². The summed E-state index contributed by atoms with van der Waals surface area (Å²) in [5.41, 5.74) is 8.66. The Morgan fingerprint density at radius 1 is 1.00 bits per heavy atom. The van der Waals surface area contributed by atoms with E-state index in [4.69, 9.17) is 10.6 Å². The van der Waals surface area contributed by atoms with Crippen LogP contribution in [0.4, 0.5) is 4.79 Å². The summed E-state index contributed by atoms with van der Waals surface area (Å²) in [6.07, 6.45) is 3.36.